The Morgan fingerprint density at radius 2 is 2.43 bits per heavy atom. The minimum absolute atomic E-state index is 0.811. The molecule has 0 aliphatic heterocycles. The highest BCUT2D eigenvalue weighted by molar-refractivity contribution is 9.09. The lowest BCUT2D eigenvalue weighted by atomic mass is 10.3. The third-order valence-corrected chi connectivity index (χ3v) is 2.43. The Kier molecular flexibility index (Phi) is 1.53. The lowest BCUT2D eigenvalue weighted by Crippen LogP contribution is -1.71. The van der Waals surface area contributed by atoms with Crippen LogP contribution >= 0.6 is 15.9 Å². The first-order valence-electron chi connectivity index (χ1n) is 2.59. The number of allylic oxidation sites excluding steroid dienone is 1. The summed E-state index contributed by atoms with van der Waals surface area (Å²) in [4.78, 5) is 0.811. The lowest BCUT2D eigenvalue weighted by Gasteiger charge is -1.80. The summed E-state index contributed by atoms with van der Waals surface area (Å²) in [5.74, 6) is 0.914. The van der Waals surface area contributed by atoms with Gasteiger partial charge in [0.25, 0.3) is 0 Å². The molecule has 1 aliphatic rings. The lowest BCUT2D eigenvalue weighted by molar-refractivity contribution is 0.871. The average molecular weight is 161 g/mol. The average Bonchev–Trinajstić information content (AvgIpc) is 2.22. The molecule has 40 valence electrons. The first-order valence-corrected chi connectivity index (χ1v) is 3.51. The van der Waals surface area contributed by atoms with Crippen LogP contribution in [0.2, 0.25) is 0 Å². The maximum atomic E-state index is 3.65. The summed E-state index contributed by atoms with van der Waals surface area (Å²) in [6.07, 6.45) is 4.54. The zero-order valence-electron chi connectivity index (χ0n) is 4.23. The molecule has 0 saturated heterocycles. The maximum absolute atomic E-state index is 3.65. The van der Waals surface area contributed by atoms with E-state index in [0.29, 0.717) is 0 Å². The molecule has 1 rings (SSSR count). The van der Waals surface area contributed by atoms with Crippen molar-refractivity contribution in [3.63, 3.8) is 0 Å². The zero-order valence-corrected chi connectivity index (χ0v) is 5.82. The zero-order chi connectivity index (χ0) is 5.28. The van der Waals surface area contributed by atoms with E-state index in [1.54, 1.807) is 0 Å². The van der Waals surface area contributed by atoms with Crippen LogP contribution in [-0.4, -0.2) is 4.83 Å². The molecule has 7 heavy (non-hydrogen) atoms. The molecule has 2 atom stereocenters. The van der Waals surface area contributed by atoms with Crippen LogP contribution in [-0.2, 0) is 0 Å². The van der Waals surface area contributed by atoms with E-state index >= 15 is 0 Å². The van der Waals surface area contributed by atoms with Gasteiger partial charge in [-0.2, -0.15) is 0 Å². The topological polar surface area (TPSA) is 0 Å². The van der Waals surface area contributed by atoms with Crippen molar-refractivity contribution in [3.8, 4) is 0 Å². The Morgan fingerprint density at radius 1 is 1.86 bits per heavy atom. The molecule has 2 unspecified atom stereocenters. The largest absolute Gasteiger partial charge is 0.103 e. The summed E-state index contributed by atoms with van der Waals surface area (Å²) in [5.41, 5.74) is 0. The summed E-state index contributed by atoms with van der Waals surface area (Å²) < 4.78 is 0. The van der Waals surface area contributed by atoms with Crippen molar-refractivity contribution in [2.24, 2.45) is 5.92 Å². The first kappa shape index (κ1) is 5.36. The van der Waals surface area contributed by atoms with Crippen LogP contribution in [0.15, 0.2) is 12.7 Å². The van der Waals surface area contributed by atoms with Gasteiger partial charge >= 0.3 is 0 Å². The van der Waals surface area contributed by atoms with E-state index in [1.165, 1.54) is 12.8 Å². The van der Waals surface area contributed by atoms with Crippen LogP contribution in [0.4, 0.5) is 0 Å². The van der Waals surface area contributed by atoms with Gasteiger partial charge in [0, 0.05) is 4.83 Å². The van der Waals surface area contributed by atoms with Gasteiger partial charge in [-0.25, -0.2) is 0 Å². The van der Waals surface area contributed by atoms with E-state index in [4.69, 9.17) is 0 Å². The fraction of sp³-hybridized carbons (Fsp3) is 0.667. The smallest absolute Gasteiger partial charge is 0.0180 e. The van der Waals surface area contributed by atoms with Gasteiger partial charge in [-0.15, -0.1) is 6.58 Å². The summed E-state index contributed by atoms with van der Waals surface area (Å²) in [5, 5.41) is 0. The van der Waals surface area contributed by atoms with Crippen LogP contribution in [0.3, 0.4) is 0 Å². The highest BCUT2D eigenvalue weighted by Gasteiger charge is 2.32. The molecule has 1 saturated carbocycles. The van der Waals surface area contributed by atoms with E-state index in [9.17, 15) is 0 Å². The van der Waals surface area contributed by atoms with Crippen LogP contribution in [0.5, 0.6) is 0 Å². The molecular weight excluding hydrogens is 152 g/mol. The molecule has 0 radical (unpaired) electrons. The minimum atomic E-state index is 0.811. The third-order valence-electron chi connectivity index (χ3n) is 1.31. The van der Waals surface area contributed by atoms with Gasteiger partial charge in [0.05, 0.1) is 0 Å². The summed E-state index contributed by atoms with van der Waals surface area (Å²) >= 11 is 3.50. The van der Waals surface area contributed by atoms with Crippen molar-refractivity contribution in [2.75, 3.05) is 0 Å². The molecule has 0 N–H and O–H groups in total. The molecule has 0 amide bonds. The fourth-order valence-electron chi connectivity index (χ4n) is 0.669. The SMILES string of the molecule is C=CCC1CC1Br. The summed E-state index contributed by atoms with van der Waals surface area (Å²) in [6, 6.07) is 0. The van der Waals surface area contributed by atoms with Gasteiger partial charge in [-0.3, -0.25) is 0 Å². The Bertz CT molecular complexity index is 78.2. The van der Waals surface area contributed by atoms with Gasteiger partial charge < -0.3 is 0 Å². The Balaban J connectivity index is 2.08. The monoisotopic (exact) mass is 160 g/mol. The van der Waals surface area contributed by atoms with Gasteiger partial charge in [-0.1, -0.05) is 22.0 Å². The first-order chi connectivity index (χ1) is 3.34. The number of hydrogen-bond donors (Lipinski definition) is 0. The molecule has 1 aliphatic carbocycles. The van der Waals surface area contributed by atoms with Crippen molar-refractivity contribution in [1.29, 1.82) is 0 Å². The van der Waals surface area contributed by atoms with Gasteiger partial charge in [0.15, 0.2) is 0 Å². The second-order valence-electron chi connectivity index (χ2n) is 2.04. The number of rotatable bonds is 2. The standard InChI is InChI=1S/C6H9Br/c1-2-3-5-4-6(5)7/h2,5-6H,1,3-4H2. The van der Waals surface area contributed by atoms with Gasteiger partial charge in [-0.05, 0) is 18.8 Å². The Labute approximate surface area is 52.7 Å². The Morgan fingerprint density at radius 3 is 2.57 bits per heavy atom. The summed E-state index contributed by atoms with van der Waals surface area (Å²) in [7, 11) is 0. The van der Waals surface area contributed by atoms with E-state index in [0.717, 1.165) is 10.7 Å². The molecule has 0 aromatic carbocycles. The molecule has 0 spiro atoms. The predicted octanol–water partition coefficient (Wildman–Crippen LogP) is 2.35. The van der Waals surface area contributed by atoms with Gasteiger partial charge in [0.2, 0.25) is 0 Å². The molecule has 1 heteroatoms. The fourth-order valence-corrected chi connectivity index (χ4v) is 1.36. The molecule has 0 nitrogen and oxygen atoms in total. The van der Waals surface area contributed by atoms with Crippen molar-refractivity contribution in [3.05, 3.63) is 12.7 Å². The molecule has 0 heterocycles. The van der Waals surface area contributed by atoms with E-state index < -0.39 is 0 Å². The minimum Gasteiger partial charge on any atom is -0.103 e. The Hall–Kier alpha value is 0.220. The highest BCUT2D eigenvalue weighted by atomic mass is 79.9. The molecular formula is C6H9Br. The number of hydrogen-bond acceptors (Lipinski definition) is 0. The van der Waals surface area contributed by atoms with Gasteiger partial charge in [0.1, 0.15) is 0 Å². The number of alkyl halides is 1. The van der Waals surface area contributed by atoms with E-state index in [2.05, 4.69) is 22.5 Å². The van der Waals surface area contributed by atoms with Crippen molar-refractivity contribution >= 4 is 15.9 Å². The predicted molar refractivity (Wildman–Crippen MR) is 35.6 cm³/mol. The molecule has 0 aromatic heterocycles. The van der Waals surface area contributed by atoms with E-state index in [-0.39, 0.29) is 0 Å². The number of halogens is 1. The maximum Gasteiger partial charge on any atom is 0.0180 e. The van der Waals surface area contributed by atoms with Crippen LogP contribution in [0.1, 0.15) is 12.8 Å². The van der Waals surface area contributed by atoms with Crippen LogP contribution in [0.25, 0.3) is 0 Å². The molecule has 0 aromatic rings. The quantitative estimate of drug-likeness (QED) is 0.430. The normalized spacial score (nSPS) is 37.9. The second kappa shape index (κ2) is 1.99. The van der Waals surface area contributed by atoms with Crippen molar-refractivity contribution in [2.45, 2.75) is 17.7 Å². The third kappa shape index (κ3) is 1.30. The van der Waals surface area contributed by atoms with Crippen molar-refractivity contribution in [1.82, 2.24) is 0 Å². The highest BCUT2D eigenvalue weighted by Crippen LogP contribution is 2.40. The molecule has 0 bridgehead atoms. The van der Waals surface area contributed by atoms with Crippen molar-refractivity contribution < 1.29 is 0 Å². The second-order valence-corrected chi connectivity index (χ2v) is 3.21. The van der Waals surface area contributed by atoms with Crippen LogP contribution in [0, 0.1) is 5.92 Å². The summed E-state index contributed by atoms with van der Waals surface area (Å²) in [6.45, 7) is 3.65. The van der Waals surface area contributed by atoms with E-state index in [1.807, 2.05) is 6.08 Å². The van der Waals surface area contributed by atoms with Crippen LogP contribution < -0.4 is 0 Å². The molecule has 1 fully saturated rings.